The van der Waals surface area contributed by atoms with E-state index < -0.39 is 11.6 Å². The number of aromatic nitrogens is 1. The number of hydrogen-bond acceptors (Lipinski definition) is 1. The average Bonchev–Trinajstić information content (AvgIpc) is 2.25. The maximum absolute atomic E-state index is 13.7. The first-order valence-electron chi connectivity index (χ1n) is 5.05. The number of hydrogen-bond donors (Lipinski definition) is 0. The van der Waals surface area contributed by atoms with E-state index in [2.05, 4.69) is 20.9 Å². The van der Waals surface area contributed by atoms with Crippen molar-refractivity contribution in [3.05, 3.63) is 39.0 Å². The smallest absolute Gasteiger partial charge is 0.152 e. The summed E-state index contributed by atoms with van der Waals surface area (Å²) < 4.78 is 27.2. The molecule has 1 aromatic heterocycles. The minimum Gasteiger partial charge on any atom is -0.249 e. The van der Waals surface area contributed by atoms with Crippen LogP contribution in [0.1, 0.15) is 25.5 Å². The van der Waals surface area contributed by atoms with Gasteiger partial charge in [-0.05, 0) is 27.9 Å². The molecular formula is C12H9BrClF2N. The van der Waals surface area contributed by atoms with Gasteiger partial charge >= 0.3 is 0 Å². The lowest BCUT2D eigenvalue weighted by Crippen LogP contribution is -1.97. The molecule has 0 bridgehead atoms. The molecule has 17 heavy (non-hydrogen) atoms. The zero-order valence-electron chi connectivity index (χ0n) is 9.19. The Morgan fingerprint density at radius 1 is 1.24 bits per heavy atom. The van der Waals surface area contributed by atoms with E-state index in [4.69, 9.17) is 11.6 Å². The molecule has 1 nitrogen and oxygen atoms in total. The zero-order chi connectivity index (χ0) is 12.7. The third-order valence-corrected chi connectivity index (χ3v) is 3.56. The fourth-order valence-electron chi connectivity index (χ4n) is 1.57. The van der Waals surface area contributed by atoms with Crippen LogP contribution in [0.15, 0.2) is 16.6 Å². The second-order valence-corrected chi connectivity index (χ2v) is 5.26. The van der Waals surface area contributed by atoms with Gasteiger partial charge < -0.3 is 0 Å². The first kappa shape index (κ1) is 12.7. The van der Waals surface area contributed by atoms with Gasteiger partial charge in [0.25, 0.3) is 0 Å². The molecule has 0 radical (unpaired) electrons. The second kappa shape index (κ2) is 4.50. The molecule has 0 N–H and O–H groups in total. The third kappa shape index (κ3) is 2.16. The van der Waals surface area contributed by atoms with E-state index in [1.54, 1.807) is 6.07 Å². The number of benzene rings is 1. The van der Waals surface area contributed by atoms with Gasteiger partial charge in [0.2, 0.25) is 0 Å². The Kier molecular flexibility index (Phi) is 3.36. The average molecular weight is 321 g/mol. The van der Waals surface area contributed by atoms with E-state index in [1.807, 2.05) is 13.8 Å². The summed E-state index contributed by atoms with van der Waals surface area (Å²) in [6.45, 7) is 3.86. The summed E-state index contributed by atoms with van der Waals surface area (Å²) >= 11 is 9.11. The Labute approximate surface area is 111 Å². The molecule has 0 saturated carbocycles. The lowest BCUT2D eigenvalue weighted by molar-refractivity contribution is 0.586. The Balaban J connectivity index is 2.90. The van der Waals surface area contributed by atoms with Gasteiger partial charge in [-0.1, -0.05) is 25.4 Å². The van der Waals surface area contributed by atoms with E-state index in [1.165, 1.54) is 0 Å². The molecule has 0 fully saturated rings. The molecule has 0 aliphatic rings. The molecule has 1 heterocycles. The number of rotatable bonds is 1. The Morgan fingerprint density at radius 3 is 2.47 bits per heavy atom. The lowest BCUT2D eigenvalue weighted by Gasteiger charge is -2.10. The molecule has 1 aromatic carbocycles. The highest BCUT2D eigenvalue weighted by Gasteiger charge is 2.16. The summed E-state index contributed by atoms with van der Waals surface area (Å²) in [6, 6.07) is 2.44. The summed E-state index contributed by atoms with van der Waals surface area (Å²) in [6.07, 6.45) is 0. The summed E-state index contributed by atoms with van der Waals surface area (Å²) in [5.74, 6) is -1.26. The molecule has 0 aliphatic carbocycles. The van der Waals surface area contributed by atoms with E-state index in [-0.39, 0.29) is 21.3 Å². The standard InChI is InChI=1S/C12H9BrClF2N/c1-5(2)9-3-6(14)10-11(13)7(15)4-8(16)12(10)17-9/h3-5H,1-2H3. The predicted octanol–water partition coefficient (Wildman–Crippen LogP) is 5.05. The van der Waals surface area contributed by atoms with Crippen LogP contribution in [-0.2, 0) is 0 Å². The molecule has 2 rings (SSSR count). The number of fused-ring (bicyclic) bond motifs is 1. The van der Waals surface area contributed by atoms with Crippen LogP contribution >= 0.6 is 27.5 Å². The minimum absolute atomic E-state index is 0.0921. The highest BCUT2D eigenvalue weighted by Crippen LogP contribution is 2.34. The van der Waals surface area contributed by atoms with E-state index in [0.717, 1.165) is 6.07 Å². The molecule has 0 saturated heterocycles. The molecule has 0 spiro atoms. The summed E-state index contributed by atoms with van der Waals surface area (Å²) in [5.41, 5.74) is 0.773. The van der Waals surface area contributed by atoms with Crippen LogP contribution in [-0.4, -0.2) is 4.98 Å². The Bertz CT molecular complexity index is 599. The molecule has 0 unspecified atom stereocenters. The summed E-state index contributed by atoms with van der Waals surface area (Å²) in [5, 5.41) is 0.567. The zero-order valence-corrected chi connectivity index (χ0v) is 11.5. The van der Waals surface area contributed by atoms with Crippen molar-refractivity contribution in [2.45, 2.75) is 19.8 Å². The summed E-state index contributed by atoms with van der Waals surface area (Å²) in [7, 11) is 0. The van der Waals surface area contributed by atoms with Crippen LogP contribution in [0.2, 0.25) is 5.02 Å². The van der Waals surface area contributed by atoms with E-state index in [0.29, 0.717) is 10.7 Å². The molecule has 90 valence electrons. The van der Waals surface area contributed by atoms with Crippen LogP contribution < -0.4 is 0 Å². The van der Waals surface area contributed by atoms with Crippen LogP contribution in [0.3, 0.4) is 0 Å². The van der Waals surface area contributed by atoms with Gasteiger partial charge in [0.15, 0.2) is 5.82 Å². The van der Waals surface area contributed by atoms with Crippen molar-refractivity contribution in [1.29, 1.82) is 0 Å². The number of pyridine rings is 1. The van der Waals surface area contributed by atoms with Gasteiger partial charge in [-0.2, -0.15) is 0 Å². The maximum atomic E-state index is 13.7. The SMILES string of the molecule is CC(C)c1cc(Cl)c2c(Br)c(F)cc(F)c2n1. The highest BCUT2D eigenvalue weighted by atomic mass is 79.9. The van der Waals surface area contributed by atoms with Gasteiger partial charge in [-0.25, -0.2) is 13.8 Å². The largest absolute Gasteiger partial charge is 0.249 e. The third-order valence-electron chi connectivity index (χ3n) is 2.49. The van der Waals surface area contributed by atoms with Gasteiger partial charge in [0, 0.05) is 17.1 Å². The second-order valence-electron chi connectivity index (χ2n) is 4.06. The van der Waals surface area contributed by atoms with Crippen molar-refractivity contribution in [2.24, 2.45) is 0 Å². The first-order valence-corrected chi connectivity index (χ1v) is 6.22. The number of nitrogens with zero attached hydrogens (tertiary/aromatic N) is 1. The highest BCUT2D eigenvalue weighted by molar-refractivity contribution is 9.10. The Morgan fingerprint density at radius 2 is 1.88 bits per heavy atom. The molecular weight excluding hydrogens is 311 g/mol. The molecule has 0 atom stereocenters. The van der Waals surface area contributed by atoms with Crippen LogP contribution in [0, 0.1) is 11.6 Å². The fourth-order valence-corrected chi connectivity index (χ4v) is 2.50. The molecule has 0 amide bonds. The van der Waals surface area contributed by atoms with Crippen molar-refractivity contribution in [1.82, 2.24) is 4.98 Å². The normalized spacial score (nSPS) is 11.5. The lowest BCUT2D eigenvalue weighted by atomic mass is 10.1. The monoisotopic (exact) mass is 319 g/mol. The Hall–Kier alpha value is -0.740. The predicted molar refractivity (Wildman–Crippen MR) is 68.5 cm³/mol. The van der Waals surface area contributed by atoms with Gasteiger partial charge in [-0.15, -0.1) is 0 Å². The summed E-state index contributed by atoms with van der Waals surface area (Å²) in [4.78, 5) is 4.18. The minimum atomic E-state index is -0.704. The molecule has 2 aromatic rings. The van der Waals surface area contributed by atoms with Crippen LogP contribution in [0.4, 0.5) is 8.78 Å². The quantitative estimate of drug-likeness (QED) is 0.670. The van der Waals surface area contributed by atoms with Crippen LogP contribution in [0.5, 0.6) is 0 Å². The van der Waals surface area contributed by atoms with Crippen molar-refractivity contribution in [3.8, 4) is 0 Å². The maximum Gasteiger partial charge on any atom is 0.152 e. The number of halogens is 4. The van der Waals surface area contributed by atoms with Gasteiger partial charge in [0.05, 0.1) is 9.50 Å². The molecule has 0 aliphatic heterocycles. The van der Waals surface area contributed by atoms with Crippen LogP contribution in [0.25, 0.3) is 10.9 Å². The van der Waals surface area contributed by atoms with Crippen molar-refractivity contribution >= 4 is 38.4 Å². The van der Waals surface area contributed by atoms with E-state index >= 15 is 0 Å². The first-order chi connectivity index (χ1) is 7.91. The van der Waals surface area contributed by atoms with Crippen molar-refractivity contribution in [2.75, 3.05) is 0 Å². The van der Waals surface area contributed by atoms with E-state index in [9.17, 15) is 8.78 Å². The van der Waals surface area contributed by atoms with Gasteiger partial charge in [-0.3, -0.25) is 0 Å². The topological polar surface area (TPSA) is 12.9 Å². The fraction of sp³-hybridized carbons (Fsp3) is 0.250. The van der Waals surface area contributed by atoms with Crippen molar-refractivity contribution in [3.63, 3.8) is 0 Å². The molecule has 5 heteroatoms. The van der Waals surface area contributed by atoms with Crippen molar-refractivity contribution < 1.29 is 8.78 Å². The van der Waals surface area contributed by atoms with Gasteiger partial charge in [0.1, 0.15) is 11.3 Å².